The normalized spacial score (nSPS) is 34.3. The van der Waals surface area contributed by atoms with Crippen LogP contribution in [-0.4, -0.2) is 37.7 Å². The first kappa shape index (κ1) is 12.7. The maximum absolute atomic E-state index is 12.1. The molecule has 3 fully saturated rings. The van der Waals surface area contributed by atoms with Gasteiger partial charge in [0.1, 0.15) is 11.8 Å². The number of methoxy groups -OCH3 is 2. The van der Waals surface area contributed by atoms with Gasteiger partial charge in [-0.05, 0) is 12.8 Å². The van der Waals surface area contributed by atoms with Gasteiger partial charge in [0.05, 0.1) is 14.2 Å². The van der Waals surface area contributed by atoms with Crippen molar-refractivity contribution in [2.45, 2.75) is 12.8 Å². The maximum atomic E-state index is 12.1. The van der Waals surface area contributed by atoms with Crippen molar-refractivity contribution in [1.82, 2.24) is 0 Å². The Bertz CT molecular complexity index is 386. The molecule has 0 heterocycles. The van der Waals surface area contributed by atoms with Gasteiger partial charge in [-0.15, -0.1) is 0 Å². The van der Waals surface area contributed by atoms with Gasteiger partial charge in [-0.3, -0.25) is 19.2 Å². The molecule has 3 rings (SSSR count). The van der Waals surface area contributed by atoms with Crippen LogP contribution in [0.4, 0.5) is 0 Å². The van der Waals surface area contributed by atoms with Crippen LogP contribution in [0.25, 0.3) is 0 Å². The number of Topliss-reactive ketones (excluding diaryl/α,β-unsaturated/α-hetero) is 2. The Morgan fingerprint density at radius 2 is 1.22 bits per heavy atom. The van der Waals surface area contributed by atoms with Crippen molar-refractivity contribution in [3.05, 3.63) is 0 Å². The lowest BCUT2D eigenvalue weighted by Crippen LogP contribution is -2.56. The van der Waals surface area contributed by atoms with E-state index in [1.54, 1.807) is 0 Å². The Morgan fingerprint density at radius 1 is 0.889 bits per heavy atom. The van der Waals surface area contributed by atoms with Crippen molar-refractivity contribution in [2.24, 2.45) is 23.7 Å². The average Bonchev–Trinajstić information content (AvgIpc) is 2.38. The van der Waals surface area contributed by atoms with Crippen LogP contribution >= 0.6 is 0 Å². The lowest BCUT2D eigenvalue weighted by Gasteiger charge is -2.41. The molecule has 2 bridgehead atoms. The largest absolute Gasteiger partial charge is 0.468 e. The first-order valence-corrected chi connectivity index (χ1v) is 5.76. The minimum absolute atomic E-state index is 0.367. The lowest BCUT2D eigenvalue weighted by molar-refractivity contribution is -0.172. The summed E-state index contributed by atoms with van der Waals surface area (Å²) in [5, 5.41) is 0. The average molecular weight is 254 g/mol. The van der Waals surface area contributed by atoms with Crippen LogP contribution in [0, 0.1) is 23.7 Å². The van der Waals surface area contributed by atoms with E-state index in [0.29, 0.717) is 12.8 Å². The predicted molar refractivity (Wildman–Crippen MR) is 57.2 cm³/mol. The predicted octanol–water partition coefficient (Wildman–Crippen LogP) is -0.257. The Hall–Kier alpha value is -1.72. The van der Waals surface area contributed by atoms with Crippen LogP contribution in [0.3, 0.4) is 0 Å². The van der Waals surface area contributed by atoms with Gasteiger partial charge in [-0.1, -0.05) is 0 Å². The van der Waals surface area contributed by atoms with Crippen molar-refractivity contribution >= 4 is 23.5 Å². The fraction of sp³-hybridized carbons (Fsp3) is 0.667. The van der Waals surface area contributed by atoms with Gasteiger partial charge in [0.2, 0.25) is 0 Å². The molecule has 0 spiro atoms. The highest BCUT2D eigenvalue weighted by Crippen LogP contribution is 2.44. The van der Waals surface area contributed by atoms with Crippen LogP contribution in [0.2, 0.25) is 0 Å². The van der Waals surface area contributed by atoms with Gasteiger partial charge in [-0.2, -0.15) is 0 Å². The van der Waals surface area contributed by atoms with Gasteiger partial charge < -0.3 is 9.47 Å². The van der Waals surface area contributed by atoms with Crippen molar-refractivity contribution in [3.63, 3.8) is 0 Å². The van der Waals surface area contributed by atoms with Crippen molar-refractivity contribution < 1.29 is 28.7 Å². The number of carbonyl (C=O) groups excluding carboxylic acids is 4. The summed E-state index contributed by atoms with van der Waals surface area (Å²) in [6, 6.07) is 0. The highest BCUT2D eigenvalue weighted by Gasteiger charge is 2.58. The Morgan fingerprint density at radius 3 is 1.50 bits per heavy atom. The second-order valence-electron chi connectivity index (χ2n) is 4.60. The van der Waals surface area contributed by atoms with Crippen LogP contribution < -0.4 is 0 Å². The SMILES string of the molecule is COC(=O)[C@H]1C(=O)[C@@H]2CC[C@@H]1C(=O)[C@H]2C(=O)OC. The Balaban J connectivity index is 2.33. The summed E-state index contributed by atoms with van der Waals surface area (Å²) in [7, 11) is 2.36. The summed E-state index contributed by atoms with van der Waals surface area (Å²) in [4.78, 5) is 47.3. The summed E-state index contributed by atoms with van der Waals surface area (Å²) in [6.45, 7) is 0. The summed E-state index contributed by atoms with van der Waals surface area (Å²) >= 11 is 0. The molecule has 0 aromatic heterocycles. The van der Waals surface area contributed by atoms with E-state index in [0.717, 1.165) is 0 Å². The molecule has 0 aromatic carbocycles. The van der Waals surface area contributed by atoms with Crippen molar-refractivity contribution in [3.8, 4) is 0 Å². The van der Waals surface area contributed by atoms with Crippen molar-refractivity contribution in [2.75, 3.05) is 14.2 Å². The molecule has 0 amide bonds. The lowest BCUT2D eigenvalue weighted by atomic mass is 9.58. The number of ether oxygens (including phenoxy) is 2. The van der Waals surface area contributed by atoms with E-state index >= 15 is 0 Å². The van der Waals surface area contributed by atoms with Gasteiger partial charge in [0.15, 0.2) is 11.6 Å². The maximum Gasteiger partial charge on any atom is 0.316 e. The monoisotopic (exact) mass is 254 g/mol. The van der Waals surface area contributed by atoms with Crippen LogP contribution in [0.5, 0.6) is 0 Å². The van der Waals surface area contributed by atoms with Gasteiger partial charge >= 0.3 is 11.9 Å². The van der Waals surface area contributed by atoms with E-state index in [9.17, 15) is 19.2 Å². The third-order valence-electron chi connectivity index (χ3n) is 3.85. The molecule has 0 radical (unpaired) electrons. The molecule has 3 aliphatic carbocycles. The van der Waals surface area contributed by atoms with E-state index in [-0.39, 0.29) is 11.6 Å². The Labute approximate surface area is 104 Å². The zero-order chi connectivity index (χ0) is 13.4. The van der Waals surface area contributed by atoms with Crippen LogP contribution in [0.15, 0.2) is 0 Å². The topological polar surface area (TPSA) is 86.7 Å². The minimum Gasteiger partial charge on any atom is -0.468 e. The number of esters is 2. The fourth-order valence-corrected chi connectivity index (χ4v) is 2.98. The molecule has 98 valence electrons. The van der Waals surface area contributed by atoms with Gasteiger partial charge in [0.25, 0.3) is 0 Å². The molecule has 3 saturated carbocycles. The quantitative estimate of drug-likeness (QED) is 0.498. The fourth-order valence-electron chi connectivity index (χ4n) is 2.98. The van der Waals surface area contributed by atoms with Gasteiger partial charge in [0, 0.05) is 11.8 Å². The van der Waals surface area contributed by atoms with E-state index in [1.807, 2.05) is 0 Å². The molecule has 6 heteroatoms. The third kappa shape index (κ3) is 1.63. The molecular formula is C12H14O6. The smallest absolute Gasteiger partial charge is 0.316 e. The first-order chi connectivity index (χ1) is 8.52. The Kier molecular flexibility index (Phi) is 3.19. The highest BCUT2D eigenvalue weighted by atomic mass is 16.5. The molecule has 0 aliphatic heterocycles. The molecule has 0 unspecified atom stereocenters. The molecule has 18 heavy (non-hydrogen) atoms. The molecule has 0 saturated heterocycles. The first-order valence-electron chi connectivity index (χ1n) is 5.76. The molecule has 0 aromatic rings. The molecule has 3 aliphatic rings. The number of hydrogen-bond donors (Lipinski definition) is 0. The molecular weight excluding hydrogens is 240 g/mol. The van der Waals surface area contributed by atoms with E-state index < -0.39 is 35.6 Å². The standard InChI is InChI=1S/C12H14O6/c1-17-11(15)7-5-3-4-6(9(7)13)8(10(5)14)12(16)18-2/h5-8H,3-4H2,1-2H3/t5-,6+,7+,8-. The summed E-state index contributed by atoms with van der Waals surface area (Å²) in [6.07, 6.45) is 0.894. The van der Waals surface area contributed by atoms with Crippen molar-refractivity contribution in [1.29, 1.82) is 0 Å². The van der Waals surface area contributed by atoms with E-state index in [4.69, 9.17) is 0 Å². The van der Waals surface area contributed by atoms with Crippen LogP contribution in [-0.2, 0) is 28.7 Å². The number of fused-ring (bicyclic) bond motifs is 3. The number of ketones is 2. The molecule has 4 atom stereocenters. The van der Waals surface area contributed by atoms with Gasteiger partial charge in [-0.25, -0.2) is 0 Å². The summed E-state index contributed by atoms with van der Waals surface area (Å²) in [5.41, 5.74) is 0. The zero-order valence-corrected chi connectivity index (χ0v) is 10.2. The molecule has 0 N–H and O–H groups in total. The van der Waals surface area contributed by atoms with Crippen LogP contribution in [0.1, 0.15) is 12.8 Å². The molecule has 6 nitrogen and oxygen atoms in total. The number of carbonyl (C=O) groups is 4. The second kappa shape index (κ2) is 4.51. The highest BCUT2D eigenvalue weighted by molar-refractivity contribution is 6.15. The van der Waals surface area contributed by atoms with E-state index in [2.05, 4.69) is 9.47 Å². The minimum atomic E-state index is -1.04. The summed E-state index contributed by atoms with van der Waals surface area (Å²) in [5.74, 6) is -5.67. The third-order valence-corrected chi connectivity index (χ3v) is 3.85. The second-order valence-corrected chi connectivity index (χ2v) is 4.60. The zero-order valence-electron chi connectivity index (χ0n) is 10.2. The number of hydrogen-bond acceptors (Lipinski definition) is 6. The summed E-state index contributed by atoms with van der Waals surface area (Å²) < 4.78 is 9.11. The number of rotatable bonds is 2. The van der Waals surface area contributed by atoms with E-state index in [1.165, 1.54) is 14.2 Å².